The zero-order chi connectivity index (χ0) is 12.7. The van der Waals surface area contributed by atoms with E-state index in [2.05, 4.69) is 5.32 Å². The van der Waals surface area contributed by atoms with Gasteiger partial charge < -0.3 is 16.0 Å². The first kappa shape index (κ1) is 13.0. The fourth-order valence-corrected chi connectivity index (χ4v) is 1.43. The molecule has 0 aliphatic rings. The summed E-state index contributed by atoms with van der Waals surface area (Å²) in [7, 11) is 0. The molecule has 0 aromatic heterocycles. The van der Waals surface area contributed by atoms with Crippen molar-refractivity contribution >= 4 is 11.7 Å². The number of amides is 2. The third kappa shape index (κ3) is 3.78. The molecule has 0 aliphatic carbocycles. The number of nitrogens with one attached hydrogen (secondary N) is 1. The number of likely N-dealkylation sites (N-methyl/N-ethyl adjacent to an activating group) is 1. The first-order chi connectivity index (χ1) is 8.21. The van der Waals surface area contributed by atoms with E-state index in [9.17, 15) is 4.79 Å². The van der Waals surface area contributed by atoms with Crippen LogP contribution in [0.3, 0.4) is 0 Å². The van der Waals surface area contributed by atoms with E-state index in [4.69, 9.17) is 11.0 Å². The van der Waals surface area contributed by atoms with Crippen LogP contribution in [0.25, 0.3) is 0 Å². The normalized spacial score (nSPS) is 9.47. The number of urea groups is 1. The topological polar surface area (TPSA) is 82.2 Å². The number of anilines is 1. The van der Waals surface area contributed by atoms with Crippen molar-refractivity contribution in [3.63, 3.8) is 0 Å². The first-order valence-corrected chi connectivity index (χ1v) is 5.47. The molecule has 0 saturated heterocycles. The average Bonchev–Trinajstić information content (AvgIpc) is 2.36. The van der Waals surface area contributed by atoms with E-state index in [0.717, 1.165) is 0 Å². The maximum Gasteiger partial charge on any atom is 0.321 e. The van der Waals surface area contributed by atoms with Crippen LogP contribution in [0.4, 0.5) is 10.5 Å². The van der Waals surface area contributed by atoms with Crippen LogP contribution >= 0.6 is 0 Å². The van der Waals surface area contributed by atoms with Crippen LogP contribution in [0.2, 0.25) is 0 Å². The molecular weight excluding hydrogens is 216 g/mol. The number of rotatable bonds is 4. The second kappa shape index (κ2) is 6.51. The first-order valence-electron chi connectivity index (χ1n) is 5.47. The zero-order valence-electron chi connectivity index (χ0n) is 9.81. The molecule has 0 unspecified atom stereocenters. The molecule has 0 fully saturated rings. The van der Waals surface area contributed by atoms with Crippen LogP contribution in [-0.2, 0) is 0 Å². The second-order valence-electron chi connectivity index (χ2n) is 3.49. The maximum atomic E-state index is 11.8. The van der Waals surface area contributed by atoms with Gasteiger partial charge in [0.1, 0.15) is 0 Å². The molecule has 5 heteroatoms. The van der Waals surface area contributed by atoms with Crippen molar-refractivity contribution < 1.29 is 4.79 Å². The molecule has 90 valence electrons. The van der Waals surface area contributed by atoms with Gasteiger partial charge in [-0.1, -0.05) is 6.07 Å². The van der Waals surface area contributed by atoms with Crippen molar-refractivity contribution in [2.75, 3.05) is 25.0 Å². The van der Waals surface area contributed by atoms with Gasteiger partial charge in [0.05, 0.1) is 11.6 Å². The molecular formula is C12H16N4O. The molecule has 0 atom stereocenters. The average molecular weight is 232 g/mol. The lowest BCUT2D eigenvalue weighted by atomic mass is 10.2. The van der Waals surface area contributed by atoms with Crippen molar-refractivity contribution in [3.05, 3.63) is 29.8 Å². The Hall–Kier alpha value is -2.06. The Morgan fingerprint density at radius 1 is 1.59 bits per heavy atom. The number of nitriles is 1. The summed E-state index contributed by atoms with van der Waals surface area (Å²) in [4.78, 5) is 13.4. The van der Waals surface area contributed by atoms with Gasteiger partial charge in [-0.05, 0) is 25.1 Å². The minimum absolute atomic E-state index is 0.201. The minimum atomic E-state index is -0.201. The summed E-state index contributed by atoms with van der Waals surface area (Å²) < 4.78 is 0. The number of benzene rings is 1. The fraction of sp³-hybridized carbons (Fsp3) is 0.333. The Labute approximate surface area is 101 Å². The lowest BCUT2D eigenvalue weighted by molar-refractivity contribution is 0.216. The van der Waals surface area contributed by atoms with E-state index in [0.29, 0.717) is 30.9 Å². The number of nitrogens with two attached hydrogens (primary N) is 1. The van der Waals surface area contributed by atoms with Crippen molar-refractivity contribution in [1.29, 1.82) is 5.26 Å². The second-order valence-corrected chi connectivity index (χ2v) is 3.49. The summed E-state index contributed by atoms with van der Waals surface area (Å²) in [5, 5.41) is 11.5. The van der Waals surface area contributed by atoms with E-state index in [1.165, 1.54) is 0 Å². The maximum absolute atomic E-state index is 11.8. The Morgan fingerprint density at radius 3 is 2.94 bits per heavy atom. The highest BCUT2D eigenvalue weighted by Crippen LogP contribution is 2.10. The van der Waals surface area contributed by atoms with Gasteiger partial charge in [0.25, 0.3) is 0 Å². The third-order valence-corrected chi connectivity index (χ3v) is 2.31. The van der Waals surface area contributed by atoms with E-state index in [1.807, 2.05) is 13.0 Å². The predicted molar refractivity (Wildman–Crippen MR) is 66.5 cm³/mol. The Bertz CT molecular complexity index is 425. The van der Waals surface area contributed by atoms with Crippen molar-refractivity contribution in [1.82, 2.24) is 4.90 Å². The lowest BCUT2D eigenvalue weighted by Crippen LogP contribution is -2.38. The summed E-state index contributed by atoms with van der Waals surface area (Å²) in [5.74, 6) is 0. The monoisotopic (exact) mass is 232 g/mol. The van der Waals surface area contributed by atoms with Crippen LogP contribution in [0.15, 0.2) is 24.3 Å². The molecule has 3 N–H and O–H groups in total. The van der Waals surface area contributed by atoms with Crippen LogP contribution < -0.4 is 11.1 Å². The molecule has 0 spiro atoms. The number of hydrogen-bond donors (Lipinski definition) is 2. The van der Waals surface area contributed by atoms with E-state index >= 15 is 0 Å². The molecule has 2 amide bonds. The Kier molecular flexibility index (Phi) is 4.98. The van der Waals surface area contributed by atoms with Gasteiger partial charge in [0.15, 0.2) is 0 Å². The van der Waals surface area contributed by atoms with Gasteiger partial charge in [0, 0.05) is 25.3 Å². The smallest absolute Gasteiger partial charge is 0.321 e. The van der Waals surface area contributed by atoms with Crippen LogP contribution in [0.1, 0.15) is 12.5 Å². The molecule has 0 aliphatic heterocycles. The van der Waals surface area contributed by atoms with Gasteiger partial charge in [-0.3, -0.25) is 0 Å². The SMILES string of the molecule is CCN(CCN)C(=O)Nc1cccc(C#N)c1. The summed E-state index contributed by atoms with van der Waals surface area (Å²) in [6.07, 6.45) is 0. The third-order valence-electron chi connectivity index (χ3n) is 2.31. The van der Waals surface area contributed by atoms with Gasteiger partial charge >= 0.3 is 6.03 Å². The lowest BCUT2D eigenvalue weighted by Gasteiger charge is -2.20. The number of hydrogen-bond acceptors (Lipinski definition) is 3. The van der Waals surface area contributed by atoms with Gasteiger partial charge in [-0.2, -0.15) is 5.26 Å². The summed E-state index contributed by atoms with van der Waals surface area (Å²) in [6, 6.07) is 8.62. The fourth-order valence-electron chi connectivity index (χ4n) is 1.43. The van der Waals surface area contributed by atoms with E-state index in [-0.39, 0.29) is 6.03 Å². The number of carbonyl (C=O) groups excluding carboxylic acids is 1. The molecule has 0 saturated carbocycles. The molecule has 1 aromatic carbocycles. The number of carbonyl (C=O) groups is 1. The largest absolute Gasteiger partial charge is 0.329 e. The highest BCUT2D eigenvalue weighted by Gasteiger charge is 2.10. The van der Waals surface area contributed by atoms with Gasteiger partial charge in [0.2, 0.25) is 0 Å². The van der Waals surface area contributed by atoms with E-state index in [1.54, 1.807) is 29.2 Å². The standard InChI is InChI=1S/C12H16N4O/c1-2-16(7-6-13)12(17)15-11-5-3-4-10(8-11)9-14/h3-5,8H,2,6-7,13H2,1H3,(H,15,17). The highest BCUT2D eigenvalue weighted by molar-refractivity contribution is 5.89. The van der Waals surface area contributed by atoms with Crippen LogP contribution in [0, 0.1) is 11.3 Å². The van der Waals surface area contributed by atoms with Crippen LogP contribution in [0.5, 0.6) is 0 Å². The quantitative estimate of drug-likeness (QED) is 0.822. The molecule has 17 heavy (non-hydrogen) atoms. The van der Waals surface area contributed by atoms with Crippen molar-refractivity contribution in [3.8, 4) is 6.07 Å². The van der Waals surface area contributed by atoms with Crippen LogP contribution in [-0.4, -0.2) is 30.6 Å². The summed E-state index contributed by atoms with van der Waals surface area (Å²) in [6.45, 7) is 3.43. The molecule has 1 aromatic rings. The molecule has 0 heterocycles. The zero-order valence-corrected chi connectivity index (χ0v) is 9.81. The minimum Gasteiger partial charge on any atom is -0.329 e. The Balaban J connectivity index is 2.70. The predicted octanol–water partition coefficient (Wildman–Crippen LogP) is 1.37. The summed E-state index contributed by atoms with van der Waals surface area (Å²) in [5.41, 5.74) is 6.55. The molecule has 0 radical (unpaired) electrons. The highest BCUT2D eigenvalue weighted by atomic mass is 16.2. The van der Waals surface area contributed by atoms with E-state index < -0.39 is 0 Å². The van der Waals surface area contributed by atoms with Gasteiger partial charge in [-0.15, -0.1) is 0 Å². The molecule has 5 nitrogen and oxygen atoms in total. The van der Waals surface area contributed by atoms with Crippen molar-refractivity contribution in [2.24, 2.45) is 5.73 Å². The number of nitrogens with zero attached hydrogens (tertiary/aromatic N) is 2. The molecule has 0 bridgehead atoms. The van der Waals surface area contributed by atoms with Crippen molar-refractivity contribution in [2.45, 2.75) is 6.92 Å². The molecule has 1 rings (SSSR count). The summed E-state index contributed by atoms with van der Waals surface area (Å²) >= 11 is 0. The van der Waals surface area contributed by atoms with Gasteiger partial charge in [-0.25, -0.2) is 4.79 Å². The Morgan fingerprint density at radius 2 is 2.35 bits per heavy atom.